The van der Waals surface area contributed by atoms with Crippen molar-refractivity contribution in [3.05, 3.63) is 95.3 Å². The van der Waals surface area contributed by atoms with Crippen LogP contribution < -0.4 is 10.1 Å². The number of nitriles is 1. The number of nitrogens with zero attached hydrogens (tertiary/aromatic N) is 2. The van der Waals surface area contributed by atoms with Crippen LogP contribution in [0.2, 0.25) is 0 Å². The van der Waals surface area contributed by atoms with Crippen molar-refractivity contribution in [1.82, 2.24) is 4.57 Å². The fourth-order valence-corrected chi connectivity index (χ4v) is 3.95. The number of fused-ring (bicyclic) bond motifs is 1. The van der Waals surface area contributed by atoms with E-state index in [9.17, 15) is 10.1 Å². The lowest BCUT2D eigenvalue weighted by Crippen LogP contribution is -2.13. The number of rotatable bonds is 6. The number of ether oxygens (including phenoxy) is 1. The second kappa shape index (κ2) is 9.46. The third-order valence-corrected chi connectivity index (χ3v) is 5.55. The minimum Gasteiger partial charge on any atom is -0.494 e. The first-order valence-electron chi connectivity index (χ1n) is 10.8. The fraction of sp³-hybridized carbons (Fsp3) is 0.143. The average Bonchev–Trinajstić information content (AvgIpc) is 3.11. The van der Waals surface area contributed by atoms with E-state index in [1.54, 1.807) is 30.3 Å². The molecule has 0 atom stereocenters. The summed E-state index contributed by atoms with van der Waals surface area (Å²) < 4.78 is 7.56. The van der Waals surface area contributed by atoms with Crippen LogP contribution in [-0.2, 0) is 4.79 Å². The summed E-state index contributed by atoms with van der Waals surface area (Å²) in [5.74, 6) is 0.282. The molecular weight excluding hydrogens is 410 g/mol. The molecule has 0 aliphatic carbocycles. The Morgan fingerprint density at radius 2 is 1.76 bits per heavy atom. The maximum atomic E-state index is 12.7. The van der Waals surface area contributed by atoms with Gasteiger partial charge in [0.2, 0.25) is 0 Å². The second-order valence-electron chi connectivity index (χ2n) is 7.77. The van der Waals surface area contributed by atoms with E-state index in [1.165, 1.54) is 5.39 Å². The SMILES string of the molecule is CCOc1ccc(NC(=O)C(C#N)=Cc2cc(C)n(-c3ccc4ccccc4c3)c2C)cc1. The van der Waals surface area contributed by atoms with Crippen LogP contribution >= 0.6 is 0 Å². The molecule has 5 heteroatoms. The van der Waals surface area contributed by atoms with Gasteiger partial charge in [0.15, 0.2) is 0 Å². The Morgan fingerprint density at radius 3 is 2.45 bits per heavy atom. The molecule has 0 unspecified atom stereocenters. The van der Waals surface area contributed by atoms with E-state index in [0.717, 1.165) is 33.8 Å². The standard InChI is InChI=1S/C28H25N3O2/c1-4-33-27-13-10-25(11-14-27)30-28(32)24(18-29)16-23-15-19(2)31(20(23)3)26-12-9-21-7-5-6-8-22(21)17-26/h5-17H,4H2,1-3H3,(H,30,32). The number of anilines is 1. The predicted octanol–water partition coefficient (Wildman–Crippen LogP) is 6.19. The van der Waals surface area contributed by atoms with Crippen molar-refractivity contribution in [3.63, 3.8) is 0 Å². The van der Waals surface area contributed by atoms with E-state index in [-0.39, 0.29) is 5.57 Å². The van der Waals surface area contributed by atoms with E-state index < -0.39 is 5.91 Å². The van der Waals surface area contributed by atoms with Crippen molar-refractivity contribution in [2.45, 2.75) is 20.8 Å². The zero-order chi connectivity index (χ0) is 23.4. The Hall–Kier alpha value is -4.30. The molecule has 0 radical (unpaired) electrons. The van der Waals surface area contributed by atoms with E-state index in [0.29, 0.717) is 12.3 Å². The summed E-state index contributed by atoms with van der Waals surface area (Å²) in [7, 11) is 0. The molecule has 0 saturated carbocycles. The number of carbonyl (C=O) groups excluding carboxylic acids is 1. The highest BCUT2D eigenvalue weighted by Crippen LogP contribution is 2.26. The molecule has 4 rings (SSSR count). The molecule has 5 nitrogen and oxygen atoms in total. The molecule has 164 valence electrons. The number of carbonyl (C=O) groups is 1. The number of nitrogens with one attached hydrogen (secondary N) is 1. The van der Waals surface area contributed by atoms with Gasteiger partial charge in [0.05, 0.1) is 6.61 Å². The van der Waals surface area contributed by atoms with Gasteiger partial charge in [0.25, 0.3) is 5.91 Å². The monoisotopic (exact) mass is 435 g/mol. The largest absolute Gasteiger partial charge is 0.494 e. The second-order valence-corrected chi connectivity index (χ2v) is 7.77. The van der Waals surface area contributed by atoms with Crippen molar-refractivity contribution < 1.29 is 9.53 Å². The summed E-state index contributed by atoms with van der Waals surface area (Å²) in [6.45, 7) is 6.50. The molecule has 1 heterocycles. The Bertz CT molecular complexity index is 1390. The van der Waals surface area contributed by atoms with Crippen LogP contribution in [0.15, 0.2) is 78.4 Å². The number of amides is 1. The first kappa shape index (κ1) is 21.9. The van der Waals surface area contributed by atoms with Gasteiger partial charge in [-0.25, -0.2) is 0 Å². The number of hydrogen-bond donors (Lipinski definition) is 1. The first-order valence-corrected chi connectivity index (χ1v) is 10.8. The molecule has 0 aliphatic heterocycles. The highest BCUT2D eigenvalue weighted by atomic mass is 16.5. The van der Waals surface area contributed by atoms with Gasteiger partial charge in [-0.2, -0.15) is 5.26 Å². The van der Waals surface area contributed by atoms with Crippen LogP contribution in [0.3, 0.4) is 0 Å². The molecule has 3 aromatic carbocycles. The van der Waals surface area contributed by atoms with Gasteiger partial charge < -0.3 is 14.6 Å². The smallest absolute Gasteiger partial charge is 0.266 e. The molecule has 1 aromatic heterocycles. The van der Waals surface area contributed by atoms with Crippen molar-refractivity contribution in [2.75, 3.05) is 11.9 Å². The molecule has 33 heavy (non-hydrogen) atoms. The van der Waals surface area contributed by atoms with Crippen molar-refractivity contribution in [1.29, 1.82) is 5.26 Å². The molecule has 0 bridgehead atoms. The number of aryl methyl sites for hydroxylation is 1. The van der Waals surface area contributed by atoms with Crippen molar-refractivity contribution in [3.8, 4) is 17.5 Å². The number of benzene rings is 3. The number of hydrogen-bond acceptors (Lipinski definition) is 3. The van der Waals surface area contributed by atoms with Gasteiger partial charge >= 0.3 is 0 Å². The van der Waals surface area contributed by atoms with Gasteiger partial charge in [0.1, 0.15) is 17.4 Å². The van der Waals surface area contributed by atoms with Crippen molar-refractivity contribution >= 4 is 28.4 Å². The van der Waals surface area contributed by atoms with Crippen molar-refractivity contribution in [2.24, 2.45) is 0 Å². The van der Waals surface area contributed by atoms with E-state index in [1.807, 2.05) is 45.0 Å². The Balaban J connectivity index is 1.61. The van der Waals surface area contributed by atoms with Crippen LogP contribution in [0.5, 0.6) is 5.75 Å². The summed E-state index contributed by atoms with van der Waals surface area (Å²) >= 11 is 0. The maximum absolute atomic E-state index is 12.7. The molecular formula is C28H25N3O2. The highest BCUT2D eigenvalue weighted by molar-refractivity contribution is 6.09. The normalized spacial score (nSPS) is 11.3. The maximum Gasteiger partial charge on any atom is 0.266 e. The van der Waals surface area contributed by atoms with Gasteiger partial charge in [-0.3, -0.25) is 4.79 Å². The average molecular weight is 436 g/mol. The molecule has 0 saturated heterocycles. The molecule has 0 fully saturated rings. The van der Waals surface area contributed by atoms with E-state index in [4.69, 9.17) is 4.74 Å². The molecule has 1 N–H and O–H groups in total. The number of aromatic nitrogens is 1. The van der Waals surface area contributed by atoms with E-state index in [2.05, 4.69) is 40.2 Å². The highest BCUT2D eigenvalue weighted by Gasteiger charge is 2.14. The van der Waals surface area contributed by atoms with Crippen LogP contribution in [0.25, 0.3) is 22.5 Å². The van der Waals surface area contributed by atoms with Crippen LogP contribution in [-0.4, -0.2) is 17.1 Å². The van der Waals surface area contributed by atoms with Gasteiger partial charge in [-0.05, 0) is 85.6 Å². The third kappa shape index (κ3) is 4.65. The Morgan fingerprint density at radius 1 is 1.03 bits per heavy atom. The Labute approximate surface area is 193 Å². The Kier molecular flexibility index (Phi) is 6.28. The molecule has 4 aromatic rings. The minimum atomic E-state index is -0.447. The quantitative estimate of drug-likeness (QED) is 0.290. The lowest BCUT2D eigenvalue weighted by molar-refractivity contribution is -0.112. The van der Waals surface area contributed by atoms with Crippen LogP contribution in [0.1, 0.15) is 23.9 Å². The topological polar surface area (TPSA) is 67.0 Å². The summed E-state index contributed by atoms with van der Waals surface area (Å²) in [4.78, 5) is 12.7. The molecule has 1 amide bonds. The van der Waals surface area contributed by atoms with Crippen LogP contribution in [0, 0.1) is 25.2 Å². The summed E-state index contributed by atoms with van der Waals surface area (Å²) in [6, 6.07) is 25.7. The van der Waals surface area contributed by atoms with Crippen LogP contribution in [0.4, 0.5) is 5.69 Å². The lowest BCUT2D eigenvalue weighted by Gasteiger charge is -2.11. The van der Waals surface area contributed by atoms with Gasteiger partial charge in [-0.1, -0.05) is 30.3 Å². The minimum absolute atomic E-state index is 0.0441. The molecule has 0 spiro atoms. The fourth-order valence-electron chi connectivity index (χ4n) is 3.95. The molecule has 0 aliphatic rings. The third-order valence-electron chi connectivity index (χ3n) is 5.55. The first-order chi connectivity index (χ1) is 16.0. The predicted molar refractivity (Wildman–Crippen MR) is 133 cm³/mol. The summed E-state index contributed by atoms with van der Waals surface area (Å²) in [5.41, 5.74) is 4.51. The van der Waals surface area contributed by atoms with Gasteiger partial charge in [-0.15, -0.1) is 0 Å². The summed E-state index contributed by atoms with van der Waals surface area (Å²) in [5, 5.41) is 14.8. The van der Waals surface area contributed by atoms with Gasteiger partial charge in [0, 0.05) is 22.8 Å². The summed E-state index contributed by atoms with van der Waals surface area (Å²) in [6.07, 6.45) is 1.64. The zero-order valence-electron chi connectivity index (χ0n) is 18.9. The lowest BCUT2D eigenvalue weighted by atomic mass is 10.1. The van der Waals surface area contributed by atoms with E-state index >= 15 is 0 Å². The zero-order valence-corrected chi connectivity index (χ0v) is 18.9.